The second-order valence-corrected chi connectivity index (χ2v) is 3.76. The molecule has 0 aliphatic carbocycles. The summed E-state index contributed by atoms with van der Waals surface area (Å²) in [5, 5.41) is 13.4. The van der Waals surface area contributed by atoms with Gasteiger partial charge in [-0.3, -0.25) is 4.98 Å². The van der Waals surface area contributed by atoms with Gasteiger partial charge in [-0.1, -0.05) is 11.2 Å². The number of nitrogens with zero attached hydrogens (tertiary/aromatic N) is 4. The molecule has 0 saturated heterocycles. The van der Waals surface area contributed by atoms with Gasteiger partial charge in [0, 0.05) is 17.1 Å². The van der Waals surface area contributed by atoms with E-state index < -0.39 is 0 Å². The Kier molecular flexibility index (Phi) is 2.47. The van der Waals surface area contributed by atoms with Crippen molar-refractivity contribution in [3.63, 3.8) is 0 Å². The molecule has 0 amide bonds. The summed E-state index contributed by atoms with van der Waals surface area (Å²) in [6.07, 6.45) is 1.88. The average molecular weight is 236 g/mol. The third-order valence-corrected chi connectivity index (χ3v) is 2.56. The van der Waals surface area contributed by atoms with Gasteiger partial charge in [0.15, 0.2) is 0 Å². The maximum absolute atomic E-state index is 8.55. The second kappa shape index (κ2) is 4.26. The Morgan fingerprint density at radius 3 is 3.11 bits per heavy atom. The highest BCUT2D eigenvalue weighted by molar-refractivity contribution is 5.82. The van der Waals surface area contributed by atoms with Gasteiger partial charge in [-0.05, 0) is 24.3 Å². The molecule has 0 radical (unpaired) electrons. The molecule has 0 fully saturated rings. The van der Waals surface area contributed by atoms with Gasteiger partial charge in [0.25, 0.3) is 0 Å². The molecule has 0 aliphatic rings. The average Bonchev–Trinajstić information content (AvgIpc) is 2.87. The van der Waals surface area contributed by atoms with Crippen LogP contribution in [0.2, 0.25) is 0 Å². The number of fused-ring (bicyclic) bond motifs is 1. The minimum absolute atomic E-state index is 0.127. The Bertz CT molecular complexity index is 742. The fourth-order valence-corrected chi connectivity index (χ4v) is 1.73. The van der Waals surface area contributed by atoms with Crippen molar-refractivity contribution in [2.75, 3.05) is 0 Å². The minimum Gasteiger partial charge on any atom is -0.338 e. The zero-order valence-electron chi connectivity index (χ0n) is 9.37. The smallest absolute Gasteiger partial charge is 0.241 e. The first-order valence-electron chi connectivity index (χ1n) is 5.41. The Morgan fingerprint density at radius 1 is 1.28 bits per heavy atom. The summed E-state index contributed by atoms with van der Waals surface area (Å²) < 4.78 is 4.97. The summed E-state index contributed by atoms with van der Waals surface area (Å²) in [6, 6.07) is 11.6. The molecule has 0 N–H and O–H groups in total. The summed E-state index contributed by atoms with van der Waals surface area (Å²) in [6.45, 7) is 0. The number of pyridine rings is 1. The van der Waals surface area contributed by atoms with Crippen LogP contribution in [0.25, 0.3) is 22.3 Å². The lowest BCUT2D eigenvalue weighted by Crippen LogP contribution is -1.84. The summed E-state index contributed by atoms with van der Waals surface area (Å²) in [5.41, 5.74) is 1.77. The normalized spacial score (nSPS) is 10.4. The highest BCUT2D eigenvalue weighted by Crippen LogP contribution is 2.21. The molecule has 1 aromatic carbocycles. The van der Waals surface area contributed by atoms with E-state index >= 15 is 0 Å². The van der Waals surface area contributed by atoms with Crippen LogP contribution in [0.4, 0.5) is 0 Å². The lowest BCUT2D eigenvalue weighted by atomic mass is 10.1. The Morgan fingerprint density at radius 2 is 2.22 bits per heavy atom. The van der Waals surface area contributed by atoms with Crippen molar-refractivity contribution in [2.24, 2.45) is 0 Å². The molecule has 0 aliphatic heterocycles. The molecule has 18 heavy (non-hydrogen) atoms. The summed E-state index contributed by atoms with van der Waals surface area (Å²) in [5.74, 6) is 0.824. The van der Waals surface area contributed by atoms with Crippen molar-refractivity contribution >= 4 is 10.9 Å². The van der Waals surface area contributed by atoms with Gasteiger partial charge in [0.05, 0.1) is 11.6 Å². The topological polar surface area (TPSA) is 75.6 Å². The molecule has 86 valence electrons. The van der Waals surface area contributed by atoms with E-state index in [1.54, 1.807) is 6.20 Å². The van der Waals surface area contributed by atoms with Crippen molar-refractivity contribution in [3.8, 4) is 17.5 Å². The zero-order valence-corrected chi connectivity index (χ0v) is 9.37. The molecular weight excluding hydrogens is 228 g/mol. The van der Waals surface area contributed by atoms with Crippen LogP contribution in [0.3, 0.4) is 0 Å². The minimum atomic E-state index is 0.127. The van der Waals surface area contributed by atoms with Gasteiger partial charge in [-0.2, -0.15) is 10.2 Å². The fraction of sp³-hybridized carbons (Fsp3) is 0.0769. The number of rotatable bonds is 2. The van der Waals surface area contributed by atoms with Crippen LogP contribution in [0.1, 0.15) is 5.89 Å². The first-order valence-corrected chi connectivity index (χ1v) is 5.41. The molecule has 2 aromatic heterocycles. The number of hydrogen-bond acceptors (Lipinski definition) is 5. The van der Waals surface area contributed by atoms with E-state index in [-0.39, 0.29) is 6.42 Å². The molecule has 5 heteroatoms. The van der Waals surface area contributed by atoms with E-state index in [1.807, 2.05) is 36.4 Å². The van der Waals surface area contributed by atoms with Crippen LogP contribution in [-0.2, 0) is 6.42 Å². The van der Waals surface area contributed by atoms with Crippen LogP contribution in [0.15, 0.2) is 41.1 Å². The fourth-order valence-electron chi connectivity index (χ4n) is 1.73. The monoisotopic (exact) mass is 236 g/mol. The molecule has 2 heterocycles. The molecule has 3 aromatic rings. The Balaban J connectivity index is 2.05. The van der Waals surface area contributed by atoms with Crippen LogP contribution < -0.4 is 0 Å². The van der Waals surface area contributed by atoms with Crippen LogP contribution >= 0.6 is 0 Å². The van der Waals surface area contributed by atoms with E-state index in [4.69, 9.17) is 9.78 Å². The molecule has 5 nitrogen and oxygen atoms in total. The van der Waals surface area contributed by atoms with E-state index in [1.165, 1.54) is 0 Å². The quantitative estimate of drug-likeness (QED) is 0.682. The van der Waals surface area contributed by atoms with Crippen LogP contribution in [0, 0.1) is 11.3 Å². The maximum Gasteiger partial charge on any atom is 0.241 e. The number of nitriles is 1. The lowest BCUT2D eigenvalue weighted by molar-refractivity contribution is 0.388. The van der Waals surface area contributed by atoms with Crippen molar-refractivity contribution in [2.45, 2.75) is 6.42 Å². The number of aromatic nitrogens is 3. The first-order chi connectivity index (χ1) is 8.86. The second-order valence-electron chi connectivity index (χ2n) is 3.76. The first kappa shape index (κ1) is 10.4. The van der Waals surface area contributed by atoms with Crippen molar-refractivity contribution in [3.05, 3.63) is 42.4 Å². The van der Waals surface area contributed by atoms with Crippen LogP contribution in [-0.4, -0.2) is 15.1 Å². The van der Waals surface area contributed by atoms with Gasteiger partial charge >= 0.3 is 0 Å². The van der Waals surface area contributed by atoms with E-state index in [0.717, 1.165) is 16.5 Å². The molecule has 0 bridgehead atoms. The van der Waals surface area contributed by atoms with E-state index in [9.17, 15) is 0 Å². The molecular formula is C13H8N4O. The van der Waals surface area contributed by atoms with Crippen molar-refractivity contribution < 1.29 is 4.52 Å². The van der Waals surface area contributed by atoms with E-state index in [0.29, 0.717) is 11.7 Å². The predicted molar refractivity (Wildman–Crippen MR) is 64.4 cm³/mol. The molecule has 0 spiro atoms. The molecule has 0 atom stereocenters. The standard InChI is InChI=1S/C13H8N4O/c14-6-5-12-16-13(17-18-12)10-3-4-11-9(8-10)2-1-7-15-11/h1-4,7-8H,5H2. The SMILES string of the molecule is N#CCc1nc(-c2ccc3ncccc3c2)no1. The van der Waals surface area contributed by atoms with Crippen LogP contribution in [0.5, 0.6) is 0 Å². The van der Waals surface area contributed by atoms with Gasteiger partial charge in [0.2, 0.25) is 11.7 Å². The highest BCUT2D eigenvalue weighted by Gasteiger charge is 2.08. The van der Waals surface area contributed by atoms with Gasteiger partial charge in [-0.25, -0.2) is 0 Å². The summed E-state index contributed by atoms with van der Waals surface area (Å²) in [7, 11) is 0. The third kappa shape index (κ3) is 1.80. The van der Waals surface area contributed by atoms with Gasteiger partial charge in [-0.15, -0.1) is 0 Å². The lowest BCUT2D eigenvalue weighted by Gasteiger charge is -1.98. The maximum atomic E-state index is 8.55. The number of hydrogen-bond donors (Lipinski definition) is 0. The summed E-state index contributed by atoms with van der Waals surface area (Å²) in [4.78, 5) is 8.40. The number of benzene rings is 1. The highest BCUT2D eigenvalue weighted by atomic mass is 16.5. The largest absolute Gasteiger partial charge is 0.338 e. The van der Waals surface area contributed by atoms with Gasteiger partial charge in [0.1, 0.15) is 6.42 Å². The summed E-state index contributed by atoms with van der Waals surface area (Å²) >= 11 is 0. The Hall–Kier alpha value is -2.74. The van der Waals surface area contributed by atoms with Crippen molar-refractivity contribution in [1.82, 2.24) is 15.1 Å². The third-order valence-electron chi connectivity index (χ3n) is 2.56. The van der Waals surface area contributed by atoms with Gasteiger partial charge < -0.3 is 4.52 Å². The van der Waals surface area contributed by atoms with E-state index in [2.05, 4.69) is 15.1 Å². The molecule has 0 unspecified atom stereocenters. The van der Waals surface area contributed by atoms with Crippen molar-refractivity contribution in [1.29, 1.82) is 5.26 Å². The predicted octanol–water partition coefficient (Wildman–Crippen LogP) is 2.35. The zero-order chi connectivity index (χ0) is 12.4. The molecule has 0 saturated carbocycles. The Labute approximate surface area is 103 Å². The molecule has 3 rings (SSSR count).